The molecule has 34 heavy (non-hydrogen) atoms. The van der Waals surface area contributed by atoms with Crippen LogP contribution in [0.25, 0.3) is 22.3 Å². The van der Waals surface area contributed by atoms with E-state index in [1.165, 1.54) is 0 Å². The maximum atomic E-state index is 13.6. The second kappa shape index (κ2) is 9.36. The summed E-state index contributed by atoms with van der Waals surface area (Å²) in [5.74, 6) is 0.537. The molecule has 0 unspecified atom stereocenters. The van der Waals surface area contributed by atoms with E-state index in [-0.39, 0.29) is 12.5 Å². The minimum atomic E-state index is -0.137. The zero-order chi connectivity index (χ0) is 23.5. The lowest BCUT2D eigenvalue weighted by Gasteiger charge is -2.23. The van der Waals surface area contributed by atoms with Gasteiger partial charge >= 0.3 is 0 Å². The molecular weight excluding hydrogens is 452 g/mol. The van der Waals surface area contributed by atoms with E-state index in [2.05, 4.69) is 20.3 Å². The van der Waals surface area contributed by atoms with Crippen LogP contribution in [0.1, 0.15) is 5.56 Å². The molecule has 0 aliphatic heterocycles. The number of benzene rings is 3. The fraction of sp³-hybridized carbons (Fsp3) is 0.120. The summed E-state index contributed by atoms with van der Waals surface area (Å²) in [6.45, 7) is 0.377. The number of methoxy groups -OCH3 is 1. The highest BCUT2D eigenvalue weighted by Gasteiger charge is 2.19. The van der Waals surface area contributed by atoms with Gasteiger partial charge in [0.25, 0.3) is 0 Å². The van der Waals surface area contributed by atoms with Crippen molar-refractivity contribution in [3.05, 3.63) is 89.8 Å². The van der Waals surface area contributed by atoms with Crippen LogP contribution in [0.5, 0.6) is 5.75 Å². The van der Waals surface area contributed by atoms with Crippen molar-refractivity contribution in [2.75, 3.05) is 12.0 Å². The Morgan fingerprint density at radius 3 is 2.71 bits per heavy atom. The summed E-state index contributed by atoms with van der Waals surface area (Å²) < 4.78 is 6.90. The van der Waals surface area contributed by atoms with Gasteiger partial charge in [-0.1, -0.05) is 41.1 Å². The van der Waals surface area contributed by atoms with Gasteiger partial charge in [-0.3, -0.25) is 4.79 Å². The van der Waals surface area contributed by atoms with E-state index in [0.717, 1.165) is 28.0 Å². The van der Waals surface area contributed by atoms with Crippen LogP contribution in [-0.2, 0) is 17.9 Å². The number of aromatic amines is 1. The molecular formula is C25H21ClN6O2. The number of carbonyl (C=O) groups is 1. The molecule has 170 valence electrons. The Morgan fingerprint density at radius 1 is 1.12 bits per heavy atom. The molecule has 3 aromatic carbocycles. The van der Waals surface area contributed by atoms with Crippen LogP contribution in [0.2, 0.25) is 5.02 Å². The Balaban J connectivity index is 1.47. The van der Waals surface area contributed by atoms with Crippen molar-refractivity contribution in [1.29, 1.82) is 0 Å². The molecule has 0 atom stereocenters. The van der Waals surface area contributed by atoms with Gasteiger partial charge in [0.2, 0.25) is 5.91 Å². The van der Waals surface area contributed by atoms with Gasteiger partial charge in [-0.15, -0.1) is 5.10 Å². The van der Waals surface area contributed by atoms with E-state index in [1.54, 1.807) is 23.0 Å². The van der Waals surface area contributed by atoms with Gasteiger partial charge in [0.05, 0.1) is 31.2 Å². The first-order valence-electron chi connectivity index (χ1n) is 10.6. The third-order valence-electron chi connectivity index (χ3n) is 5.51. The molecule has 0 fully saturated rings. The molecule has 9 heteroatoms. The number of nitrogens with one attached hydrogen (secondary N) is 1. The molecule has 2 heterocycles. The quantitative estimate of drug-likeness (QED) is 0.370. The highest BCUT2D eigenvalue weighted by molar-refractivity contribution is 6.30. The standard InChI is InChI=1S/C25H21ClN6O2/c1-34-21-9-10-22-24(12-21)32(30-29-22)15-25(33)31(14-17-3-2-4-19(26)11-17)20-7-5-18(6-8-20)23-13-27-16-28-23/h2-13,16H,14-15H2,1H3,(H,27,28). The van der Waals surface area contributed by atoms with Gasteiger partial charge in [-0.25, -0.2) is 9.67 Å². The molecule has 1 amide bonds. The molecule has 0 saturated carbocycles. The number of anilines is 1. The number of nitrogens with zero attached hydrogens (tertiary/aromatic N) is 5. The van der Waals surface area contributed by atoms with Crippen LogP contribution in [0.15, 0.2) is 79.3 Å². The van der Waals surface area contributed by atoms with Crippen LogP contribution < -0.4 is 9.64 Å². The summed E-state index contributed by atoms with van der Waals surface area (Å²) in [5.41, 5.74) is 4.88. The van der Waals surface area contributed by atoms with Gasteiger partial charge in [0.15, 0.2) is 0 Å². The maximum absolute atomic E-state index is 13.6. The molecule has 5 aromatic rings. The van der Waals surface area contributed by atoms with Gasteiger partial charge < -0.3 is 14.6 Å². The molecule has 8 nitrogen and oxygen atoms in total. The van der Waals surface area contributed by atoms with Gasteiger partial charge in [-0.2, -0.15) is 0 Å². The summed E-state index contributed by atoms with van der Waals surface area (Å²) >= 11 is 6.19. The van der Waals surface area contributed by atoms with Crippen molar-refractivity contribution in [3.63, 3.8) is 0 Å². The first kappa shape index (κ1) is 21.7. The van der Waals surface area contributed by atoms with Crippen molar-refractivity contribution in [2.45, 2.75) is 13.1 Å². The summed E-state index contributed by atoms with van der Waals surface area (Å²) in [6.07, 6.45) is 3.46. The lowest BCUT2D eigenvalue weighted by atomic mass is 10.1. The van der Waals surface area contributed by atoms with Crippen LogP contribution in [-0.4, -0.2) is 38.0 Å². The number of rotatable bonds is 7. The Labute approximate surface area is 200 Å². The van der Waals surface area contributed by atoms with Crippen molar-refractivity contribution in [1.82, 2.24) is 25.0 Å². The fourth-order valence-electron chi connectivity index (χ4n) is 3.77. The average molecular weight is 473 g/mol. The number of amides is 1. The van der Waals surface area contributed by atoms with Crippen LogP contribution in [0, 0.1) is 0 Å². The topological polar surface area (TPSA) is 88.9 Å². The van der Waals surface area contributed by atoms with E-state index >= 15 is 0 Å². The molecule has 0 radical (unpaired) electrons. The van der Waals surface area contributed by atoms with Gasteiger partial charge in [0, 0.05) is 28.5 Å². The predicted molar refractivity (Wildman–Crippen MR) is 131 cm³/mol. The average Bonchev–Trinajstić information content (AvgIpc) is 3.53. The first-order valence-corrected chi connectivity index (χ1v) is 11.0. The molecule has 0 saturated heterocycles. The maximum Gasteiger partial charge on any atom is 0.249 e. The Kier molecular flexibility index (Phi) is 5.97. The number of fused-ring (bicyclic) bond motifs is 1. The minimum Gasteiger partial charge on any atom is -0.497 e. The number of imidazole rings is 1. The molecule has 0 bridgehead atoms. The van der Waals surface area contributed by atoms with Crippen molar-refractivity contribution in [3.8, 4) is 17.0 Å². The summed E-state index contributed by atoms with van der Waals surface area (Å²) in [4.78, 5) is 22.5. The highest BCUT2D eigenvalue weighted by Crippen LogP contribution is 2.25. The van der Waals surface area contributed by atoms with Crippen LogP contribution in [0.4, 0.5) is 5.69 Å². The molecule has 0 spiro atoms. The number of hydrogen-bond acceptors (Lipinski definition) is 5. The molecule has 0 aliphatic rings. The summed E-state index contributed by atoms with van der Waals surface area (Å²) in [7, 11) is 1.60. The SMILES string of the molecule is COc1ccc2nnn(CC(=O)N(Cc3cccc(Cl)c3)c3ccc(-c4c[nH]cn4)cc3)c2c1. The van der Waals surface area contributed by atoms with Gasteiger partial charge in [-0.05, 0) is 42.0 Å². The number of halogens is 1. The normalized spacial score (nSPS) is 11.0. The second-order valence-corrected chi connectivity index (χ2v) is 8.15. The van der Waals surface area contributed by atoms with Crippen molar-refractivity contribution < 1.29 is 9.53 Å². The Bertz CT molecular complexity index is 1430. The Morgan fingerprint density at radius 2 is 1.97 bits per heavy atom. The predicted octanol–water partition coefficient (Wildman–Crippen LogP) is 4.72. The van der Waals surface area contributed by atoms with Gasteiger partial charge in [0.1, 0.15) is 17.8 Å². The monoisotopic (exact) mass is 472 g/mol. The number of aromatic nitrogens is 5. The fourth-order valence-corrected chi connectivity index (χ4v) is 3.99. The van der Waals surface area contributed by atoms with E-state index in [9.17, 15) is 4.79 Å². The second-order valence-electron chi connectivity index (χ2n) is 7.71. The zero-order valence-corrected chi connectivity index (χ0v) is 19.1. The lowest BCUT2D eigenvalue weighted by molar-refractivity contribution is -0.119. The molecule has 5 rings (SSSR count). The van der Waals surface area contributed by atoms with E-state index in [1.807, 2.05) is 72.9 Å². The van der Waals surface area contributed by atoms with Crippen molar-refractivity contribution in [2.24, 2.45) is 0 Å². The first-order chi connectivity index (χ1) is 16.6. The van der Waals surface area contributed by atoms with E-state index in [4.69, 9.17) is 16.3 Å². The van der Waals surface area contributed by atoms with Crippen LogP contribution in [0.3, 0.4) is 0 Å². The van der Waals surface area contributed by atoms with E-state index in [0.29, 0.717) is 22.8 Å². The third kappa shape index (κ3) is 4.49. The summed E-state index contributed by atoms with van der Waals surface area (Å²) in [5, 5.41) is 8.98. The highest BCUT2D eigenvalue weighted by atomic mass is 35.5. The third-order valence-corrected chi connectivity index (χ3v) is 5.74. The minimum absolute atomic E-state index is 0.0192. The van der Waals surface area contributed by atoms with Crippen LogP contribution >= 0.6 is 11.6 Å². The largest absolute Gasteiger partial charge is 0.497 e. The number of carbonyl (C=O) groups excluding carboxylic acids is 1. The van der Waals surface area contributed by atoms with E-state index < -0.39 is 0 Å². The molecule has 0 aliphatic carbocycles. The molecule has 2 aromatic heterocycles. The summed E-state index contributed by atoms with van der Waals surface area (Å²) in [6, 6.07) is 20.7. The van der Waals surface area contributed by atoms with Crippen molar-refractivity contribution >= 4 is 34.2 Å². The smallest absolute Gasteiger partial charge is 0.249 e. The number of H-pyrrole nitrogens is 1. The zero-order valence-electron chi connectivity index (χ0n) is 18.4. The number of hydrogen-bond donors (Lipinski definition) is 1. The Hall–Kier alpha value is -4.17. The molecule has 1 N–H and O–H groups in total. The number of ether oxygens (including phenoxy) is 1. The lowest BCUT2D eigenvalue weighted by Crippen LogP contribution is -2.33.